The van der Waals surface area contributed by atoms with Gasteiger partial charge in [-0.1, -0.05) is 5.16 Å². The third-order valence-electron chi connectivity index (χ3n) is 1.98. The molecule has 3 N–H and O–H groups in total. The Balaban J connectivity index is 2.33. The number of nitrogens with two attached hydrogens (primary N) is 1. The highest BCUT2D eigenvalue weighted by molar-refractivity contribution is 5.97. The minimum absolute atomic E-state index is 0.107. The van der Waals surface area contributed by atoms with Crippen LogP contribution >= 0.6 is 0 Å². The molecule has 0 aliphatic carbocycles. The Morgan fingerprint density at radius 2 is 2.12 bits per heavy atom. The van der Waals surface area contributed by atoms with Crippen LogP contribution in [-0.2, 0) is 0 Å². The lowest BCUT2D eigenvalue weighted by molar-refractivity contribution is 0.318. The van der Waals surface area contributed by atoms with Crippen molar-refractivity contribution in [3.63, 3.8) is 0 Å². The molecule has 6 nitrogen and oxygen atoms in total. The molecule has 0 aromatic carbocycles. The first-order valence-corrected chi connectivity index (χ1v) is 4.82. The van der Waals surface area contributed by atoms with Crippen LogP contribution in [0.1, 0.15) is 5.69 Å². The van der Waals surface area contributed by atoms with Crippen molar-refractivity contribution in [3.05, 3.63) is 48.5 Å². The molecule has 0 atom stereocenters. The Bertz CT molecular complexity index is 528. The molecule has 0 unspecified atom stereocenters. The van der Waals surface area contributed by atoms with Crippen molar-refractivity contribution in [1.29, 1.82) is 0 Å². The van der Waals surface area contributed by atoms with Crippen molar-refractivity contribution in [2.45, 2.75) is 0 Å². The minimum atomic E-state index is -0.107. The van der Waals surface area contributed by atoms with Gasteiger partial charge in [0.15, 0.2) is 17.3 Å². The first-order valence-electron chi connectivity index (χ1n) is 4.82. The van der Waals surface area contributed by atoms with Crippen LogP contribution in [0.2, 0.25) is 0 Å². The van der Waals surface area contributed by atoms with Crippen molar-refractivity contribution >= 4 is 5.84 Å². The summed E-state index contributed by atoms with van der Waals surface area (Å²) in [5.74, 6) is 0.841. The molecule has 0 saturated heterocycles. The maximum atomic E-state index is 8.63. The Kier molecular flexibility index (Phi) is 3.15. The van der Waals surface area contributed by atoms with E-state index in [-0.39, 0.29) is 11.5 Å². The monoisotopic (exact) mass is 230 g/mol. The van der Waals surface area contributed by atoms with Crippen LogP contribution in [0.5, 0.6) is 11.5 Å². The van der Waals surface area contributed by atoms with Gasteiger partial charge in [0.1, 0.15) is 5.75 Å². The summed E-state index contributed by atoms with van der Waals surface area (Å²) in [6.07, 6.45) is 4.73. The van der Waals surface area contributed by atoms with E-state index in [0.29, 0.717) is 11.5 Å². The Morgan fingerprint density at radius 3 is 2.82 bits per heavy atom. The summed E-state index contributed by atoms with van der Waals surface area (Å²) < 4.78 is 5.54. The summed E-state index contributed by atoms with van der Waals surface area (Å²) in [4.78, 5) is 7.90. The lowest BCUT2D eigenvalue weighted by Gasteiger charge is -2.08. The van der Waals surface area contributed by atoms with E-state index in [4.69, 9.17) is 15.7 Å². The van der Waals surface area contributed by atoms with Gasteiger partial charge in [-0.25, -0.2) is 4.98 Å². The van der Waals surface area contributed by atoms with Gasteiger partial charge in [0.05, 0.1) is 6.20 Å². The van der Waals surface area contributed by atoms with Crippen LogP contribution in [0.15, 0.2) is 48.0 Å². The molecule has 0 spiro atoms. The van der Waals surface area contributed by atoms with E-state index < -0.39 is 0 Å². The summed E-state index contributed by atoms with van der Waals surface area (Å²) in [5, 5.41) is 11.5. The van der Waals surface area contributed by atoms with E-state index in [1.807, 2.05) is 0 Å². The summed E-state index contributed by atoms with van der Waals surface area (Å²) in [7, 11) is 0. The van der Waals surface area contributed by atoms with Crippen molar-refractivity contribution in [2.24, 2.45) is 10.9 Å². The molecule has 17 heavy (non-hydrogen) atoms. The molecule has 0 fully saturated rings. The number of hydrogen-bond acceptors (Lipinski definition) is 5. The van der Waals surface area contributed by atoms with E-state index >= 15 is 0 Å². The molecule has 0 radical (unpaired) electrons. The lowest BCUT2D eigenvalue weighted by atomic mass is 10.3. The third-order valence-corrected chi connectivity index (χ3v) is 1.98. The average molecular weight is 230 g/mol. The molecular formula is C11H10N4O2. The quantitative estimate of drug-likeness (QED) is 0.359. The number of hydrogen-bond donors (Lipinski definition) is 2. The van der Waals surface area contributed by atoms with E-state index in [2.05, 4.69) is 15.1 Å². The predicted octanol–water partition coefficient (Wildman–Crippen LogP) is 1.36. The van der Waals surface area contributed by atoms with Crippen LogP contribution < -0.4 is 10.5 Å². The third kappa shape index (κ3) is 2.49. The molecule has 0 saturated carbocycles. The fourth-order valence-electron chi connectivity index (χ4n) is 1.25. The maximum Gasteiger partial charge on any atom is 0.192 e. The minimum Gasteiger partial charge on any atom is -0.453 e. The number of aromatic nitrogens is 2. The van der Waals surface area contributed by atoms with Crippen molar-refractivity contribution in [3.8, 4) is 11.5 Å². The van der Waals surface area contributed by atoms with Gasteiger partial charge in [-0.05, 0) is 24.3 Å². The van der Waals surface area contributed by atoms with Crippen molar-refractivity contribution < 1.29 is 9.94 Å². The van der Waals surface area contributed by atoms with Crippen LogP contribution in [0.3, 0.4) is 0 Å². The van der Waals surface area contributed by atoms with E-state index in [1.54, 1.807) is 36.7 Å². The molecule has 0 amide bonds. The van der Waals surface area contributed by atoms with Gasteiger partial charge in [0, 0.05) is 12.4 Å². The number of rotatable bonds is 3. The molecule has 0 aliphatic heterocycles. The molecule has 2 heterocycles. The van der Waals surface area contributed by atoms with Gasteiger partial charge in [-0.15, -0.1) is 0 Å². The van der Waals surface area contributed by atoms with Crippen molar-refractivity contribution in [2.75, 3.05) is 0 Å². The first kappa shape index (κ1) is 10.9. The zero-order valence-electron chi connectivity index (χ0n) is 8.82. The second kappa shape index (κ2) is 4.93. The summed E-state index contributed by atoms with van der Waals surface area (Å²) >= 11 is 0. The molecule has 0 bridgehead atoms. The number of oxime groups is 1. The predicted molar refractivity (Wildman–Crippen MR) is 61.1 cm³/mol. The van der Waals surface area contributed by atoms with Crippen LogP contribution in [-0.4, -0.2) is 21.0 Å². The average Bonchev–Trinajstić information content (AvgIpc) is 2.40. The second-order valence-electron chi connectivity index (χ2n) is 3.13. The van der Waals surface area contributed by atoms with Gasteiger partial charge in [0.2, 0.25) is 0 Å². The summed E-state index contributed by atoms with van der Waals surface area (Å²) in [6, 6.07) is 6.86. The first-order chi connectivity index (χ1) is 8.31. The lowest BCUT2D eigenvalue weighted by Crippen LogP contribution is -2.15. The highest BCUT2D eigenvalue weighted by Gasteiger charge is 2.10. The number of ether oxygens (including phenoxy) is 1. The fraction of sp³-hybridized carbons (Fsp3) is 0. The second-order valence-corrected chi connectivity index (χ2v) is 3.13. The topological polar surface area (TPSA) is 93.6 Å². The molecule has 2 aromatic heterocycles. The smallest absolute Gasteiger partial charge is 0.192 e. The molecule has 0 aliphatic rings. The molecule has 86 valence electrons. The zero-order valence-corrected chi connectivity index (χ0v) is 8.82. The summed E-state index contributed by atoms with van der Waals surface area (Å²) in [6.45, 7) is 0. The highest BCUT2D eigenvalue weighted by atomic mass is 16.5. The fourth-order valence-corrected chi connectivity index (χ4v) is 1.25. The molecule has 2 rings (SSSR count). The molecule has 2 aromatic rings. The number of amidine groups is 1. The van der Waals surface area contributed by atoms with E-state index in [0.717, 1.165) is 0 Å². The van der Waals surface area contributed by atoms with Gasteiger partial charge in [-0.2, -0.15) is 0 Å². The SMILES string of the molecule is N/C(=N/O)c1ncccc1Oc1cccnc1. The van der Waals surface area contributed by atoms with Gasteiger partial charge >= 0.3 is 0 Å². The van der Waals surface area contributed by atoms with Crippen LogP contribution in [0, 0.1) is 0 Å². The van der Waals surface area contributed by atoms with Gasteiger partial charge in [-0.3, -0.25) is 4.98 Å². The maximum absolute atomic E-state index is 8.63. The van der Waals surface area contributed by atoms with E-state index in [1.165, 1.54) is 6.20 Å². The Labute approximate surface area is 97.4 Å². The van der Waals surface area contributed by atoms with Crippen LogP contribution in [0.4, 0.5) is 0 Å². The number of nitrogens with zero attached hydrogens (tertiary/aromatic N) is 3. The molecular weight excluding hydrogens is 220 g/mol. The summed E-state index contributed by atoms with van der Waals surface area (Å²) in [5.41, 5.74) is 5.77. The van der Waals surface area contributed by atoms with Gasteiger partial charge < -0.3 is 15.7 Å². The van der Waals surface area contributed by atoms with Gasteiger partial charge in [0.25, 0.3) is 0 Å². The highest BCUT2D eigenvalue weighted by Crippen LogP contribution is 2.22. The normalized spacial score (nSPS) is 11.2. The molecule has 6 heteroatoms. The largest absolute Gasteiger partial charge is 0.453 e. The van der Waals surface area contributed by atoms with Crippen molar-refractivity contribution in [1.82, 2.24) is 9.97 Å². The standard InChI is InChI=1S/C11H10N4O2/c12-11(15-16)10-9(4-2-6-14-10)17-8-3-1-5-13-7-8/h1-7,16H,(H2,12,15). The van der Waals surface area contributed by atoms with E-state index in [9.17, 15) is 0 Å². The van der Waals surface area contributed by atoms with Crippen LogP contribution in [0.25, 0.3) is 0 Å². The Morgan fingerprint density at radius 1 is 1.29 bits per heavy atom. The Hall–Kier alpha value is -2.63. The zero-order chi connectivity index (χ0) is 12.1. The number of pyridine rings is 2.